The molecular weight excluding hydrogens is 240 g/mol. The molecule has 0 saturated carbocycles. The Morgan fingerprint density at radius 2 is 2.26 bits per heavy atom. The summed E-state index contributed by atoms with van der Waals surface area (Å²) in [6.45, 7) is 2.25. The molecule has 1 fully saturated rings. The van der Waals surface area contributed by atoms with Crippen molar-refractivity contribution in [1.29, 1.82) is 0 Å². The van der Waals surface area contributed by atoms with Crippen molar-refractivity contribution in [1.82, 2.24) is 15.2 Å². The zero-order valence-electron chi connectivity index (χ0n) is 10.8. The fraction of sp³-hybridized carbons (Fsp3) is 0.429. The number of anilines is 1. The SMILES string of the molecule is OCCC1CCN(c2ccc(-c3cc[nH]c3)nn2)C1. The van der Waals surface area contributed by atoms with E-state index in [1.54, 1.807) is 0 Å². The Morgan fingerprint density at radius 3 is 2.95 bits per heavy atom. The summed E-state index contributed by atoms with van der Waals surface area (Å²) in [5.74, 6) is 1.51. The molecule has 0 radical (unpaired) electrons. The number of hydrogen-bond acceptors (Lipinski definition) is 4. The van der Waals surface area contributed by atoms with Crippen LogP contribution in [0.4, 0.5) is 5.82 Å². The molecule has 0 amide bonds. The molecule has 1 unspecified atom stereocenters. The number of H-pyrrole nitrogens is 1. The summed E-state index contributed by atoms with van der Waals surface area (Å²) in [7, 11) is 0. The van der Waals surface area contributed by atoms with Gasteiger partial charge in [-0.3, -0.25) is 0 Å². The van der Waals surface area contributed by atoms with Gasteiger partial charge in [0.15, 0.2) is 5.82 Å². The van der Waals surface area contributed by atoms with Gasteiger partial charge in [-0.05, 0) is 37.0 Å². The van der Waals surface area contributed by atoms with Crippen LogP contribution in [0, 0.1) is 5.92 Å². The fourth-order valence-electron chi connectivity index (χ4n) is 2.59. The molecule has 2 N–H and O–H groups in total. The van der Waals surface area contributed by atoms with E-state index in [2.05, 4.69) is 20.1 Å². The smallest absolute Gasteiger partial charge is 0.151 e. The van der Waals surface area contributed by atoms with Gasteiger partial charge >= 0.3 is 0 Å². The van der Waals surface area contributed by atoms with Crippen molar-refractivity contribution in [3.05, 3.63) is 30.6 Å². The monoisotopic (exact) mass is 258 g/mol. The molecule has 5 heteroatoms. The average Bonchev–Trinajstić information content (AvgIpc) is 3.10. The molecule has 0 aliphatic carbocycles. The fourth-order valence-corrected chi connectivity index (χ4v) is 2.59. The highest BCUT2D eigenvalue weighted by Crippen LogP contribution is 2.24. The van der Waals surface area contributed by atoms with Crippen molar-refractivity contribution in [2.45, 2.75) is 12.8 Å². The molecule has 1 saturated heterocycles. The summed E-state index contributed by atoms with van der Waals surface area (Å²) in [5.41, 5.74) is 1.94. The molecule has 2 aromatic rings. The lowest BCUT2D eigenvalue weighted by atomic mass is 10.1. The second kappa shape index (κ2) is 5.40. The Bertz CT molecular complexity index is 509. The maximum Gasteiger partial charge on any atom is 0.151 e. The van der Waals surface area contributed by atoms with E-state index >= 15 is 0 Å². The number of aliphatic hydroxyl groups is 1. The number of rotatable bonds is 4. The molecule has 5 nitrogen and oxygen atoms in total. The van der Waals surface area contributed by atoms with Gasteiger partial charge in [-0.1, -0.05) is 0 Å². The number of nitrogens with zero attached hydrogens (tertiary/aromatic N) is 3. The van der Waals surface area contributed by atoms with Gasteiger partial charge in [0.25, 0.3) is 0 Å². The predicted molar refractivity (Wildman–Crippen MR) is 73.8 cm³/mol. The Hall–Kier alpha value is -1.88. The van der Waals surface area contributed by atoms with Crippen LogP contribution in [0.15, 0.2) is 30.6 Å². The van der Waals surface area contributed by atoms with Gasteiger partial charge in [0.1, 0.15) is 0 Å². The lowest BCUT2D eigenvalue weighted by molar-refractivity contribution is 0.263. The summed E-state index contributed by atoms with van der Waals surface area (Å²) in [4.78, 5) is 5.26. The first-order valence-corrected chi connectivity index (χ1v) is 6.69. The lowest BCUT2D eigenvalue weighted by Crippen LogP contribution is -2.21. The molecule has 0 aromatic carbocycles. The zero-order valence-corrected chi connectivity index (χ0v) is 10.8. The number of aliphatic hydroxyl groups excluding tert-OH is 1. The quantitative estimate of drug-likeness (QED) is 0.875. The number of aromatic amines is 1. The van der Waals surface area contributed by atoms with Crippen LogP contribution in [-0.2, 0) is 0 Å². The van der Waals surface area contributed by atoms with E-state index in [4.69, 9.17) is 5.11 Å². The molecular formula is C14H18N4O. The third kappa shape index (κ3) is 2.61. The minimum Gasteiger partial charge on any atom is -0.396 e. The summed E-state index contributed by atoms with van der Waals surface area (Å²) >= 11 is 0. The average molecular weight is 258 g/mol. The third-order valence-electron chi connectivity index (χ3n) is 3.69. The van der Waals surface area contributed by atoms with Gasteiger partial charge in [0, 0.05) is 37.7 Å². The highest BCUT2D eigenvalue weighted by Gasteiger charge is 2.23. The number of aromatic nitrogens is 3. The van der Waals surface area contributed by atoms with E-state index in [1.165, 1.54) is 0 Å². The minimum absolute atomic E-state index is 0.274. The second-order valence-electron chi connectivity index (χ2n) is 4.99. The maximum absolute atomic E-state index is 8.98. The summed E-state index contributed by atoms with van der Waals surface area (Å²) in [6, 6.07) is 6.01. The Morgan fingerprint density at radius 1 is 1.32 bits per heavy atom. The largest absolute Gasteiger partial charge is 0.396 e. The first kappa shape index (κ1) is 12.2. The molecule has 3 heterocycles. The van der Waals surface area contributed by atoms with Crippen LogP contribution in [0.3, 0.4) is 0 Å². The van der Waals surface area contributed by atoms with E-state index in [0.717, 1.165) is 43.0 Å². The molecule has 1 atom stereocenters. The van der Waals surface area contributed by atoms with Crippen LogP contribution in [0.5, 0.6) is 0 Å². The van der Waals surface area contributed by atoms with Crippen molar-refractivity contribution in [2.75, 3.05) is 24.6 Å². The normalized spacial score (nSPS) is 19.0. The van der Waals surface area contributed by atoms with E-state index < -0.39 is 0 Å². The lowest BCUT2D eigenvalue weighted by Gasteiger charge is -2.16. The Labute approximate surface area is 112 Å². The standard InChI is InChI=1S/C14H18N4O/c19-8-5-11-4-7-18(10-11)14-2-1-13(16-17-14)12-3-6-15-9-12/h1-3,6,9,11,15,19H,4-5,7-8,10H2. The van der Waals surface area contributed by atoms with Gasteiger partial charge in [0.05, 0.1) is 5.69 Å². The van der Waals surface area contributed by atoms with Crippen molar-refractivity contribution in [2.24, 2.45) is 5.92 Å². The van der Waals surface area contributed by atoms with Crippen molar-refractivity contribution >= 4 is 5.82 Å². The number of nitrogens with one attached hydrogen (secondary N) is 1. The summed E-state index contributed by atoms with van der Waals surface area (Å²) in [5, 5.41) is 17.6. The van der Waals surface area contributed by atoms with Gasteiger partial charge in [-0.2, -0.15) is 0 Å². The van der Waals surface area contributed by atoms with E-state index in [-0.39, 0.29) is 6.61 Å². The molecule has 19 heavy (non-hydrogen) atoms. The zero-order chi connectivity index (χ0) is 13.1. The first-order chi connectivity index (χ1) is 9.36. The van der Waals surface area contributed by atoms with Crippen LogP contribution in [0.1, 0.15) is 12.8 Å². The summed E-state index contributed by atoms with van der Waals surface area (Å²) in [6.07, 6.45) is 5.80. The van der Waals surface area contributed by atoms with Crippen molar-refractivity contribution < 1.29 is 5.11 Å². The van der Waals surface area contributed by atoms with Crippen molar-refractivity contribution in [3.8, 4) is 11.3 Å². The van der Waals surface area contributed by atoms with E-state index in [0.29, 0.717) is 5.92 Å². The predicted octanol–water partition coefficient (Wildman–Crippen LogP) is 1.68. The van der Waals surface area contributed by atoms with Gasteiger partial charge in [-0.15, -0.1) is 10.2 Å². The molecule has 0 spiro atoms. The number of hydrogen-bond donors (Lipinski definition) is 2. The molecule has 1 aliphatic heterocycles. The van der Waals surface area contributed by atoms with E-state index in [9.17, 15) is 0 Å². The van der Waals surface area contributed by atoms with E-state index in [1.807, 2.05) is 30.6 Å². The van der Waals surface area contributed by atoms with Crippen LogP contribution in [-0.4, -0.2) is 40.0 Å². The molecule has 2 aromatic heterocycles. The van der Waals surface area contributed by atoms with Crippen molar-refractivity contribution in [3.63, 3.8) is 0 Å². The first-order valence-electron chi connectivity index (χ1n) is 6.69. The second-order valence-corrected chi connectivity index (χ2v) is 4.99. The van der Waals surface area contributed by atoms with Gasteiger partial charge in [-0.25, -0.2) is 0 Å². The summed E-state index contributed by atoms with van der Waals surface area (Å²) < 4.78 is 0. The topological polar surface area (TPSA) is 65.0 Å². The highest BCUT2D eigenvalue weighted by molar-refractivity contribution is 5.58. The minimum atomic E-state index is 0.274. The van der Waals surface area contributed by atoms with Crippen LogP contribution in [0.2, 0.25) is 0 Å². The Kier molecular flexibility index (Phi) is 3.46. The van der Waals surface area contributed by atoms with Crippen LogP contribution < -0.4 is 4.90 Å². The molecule has 3 rings (SSSR count). The highest BCUT2D eigenvalue weighted by atomic mass is 16.3. The molecule has 1 aliphatic rings. The maximum atomic E-state index is 8.98. The molecule has 0 bridgehead atoms. The van der Waals surface area contributed by atoms with Gasteiger partial charge in [0.2, 0.25) is 0 Å². The Balaban J connectivity index is 1.70. The van der Waals surface area contributed by atoms with Crippen LogP contribution in [0.25, 0.3) is 11.3 Å². The molecule has 100 valence electrons. The third-order valence-corrected chi connectivity index (χ3v) is 3.69. The van der Waals surface area contributed by atoms with Crippen LogP contribution >= 0.6 is 0 Å². The van der Waals surface area contributed by atoms with Gasteiger partial charge < -0.3 is 15.0 Å².